The van der Waals surface area contributed by atoms with Gasteiger partial charge in [0.05, 0.1) is 16.8 Å². The van der Waals surface area contributed by atoms with E-state index in [1.807, 2.05) is 0 Å². The molecule has 10 aromatic rings. The van der Waals surface area contributed by atoms with Crippen molar-refractivity contribution in [2.24, 2.45) is 0 Å². The highest BCUT2D eigenvalue weighted by molar-refractivity contribution is 5.86. The number of rotatable bonds is 18. The van der Waals surface area contributed by atoms with E-state index >= 15 is 0 Å². The Balaban J connectivity index is 1.20. The summed E-state index contributed by atoms with van der Waals surface area (Å²) in [5.41, 5.74) is 24.2. The SMILES string of the molecule is CC(C)c1cc(C(C)C)c(N(c2ccc(C(c3ccccc3)(c3ccccc3)c3ccc(N(c4cccc(-c5ccccc5)c4)c4c(C(C)C)cc(C(C)C)cc4C(C)C)cc3)cc2)c2cccc(-c3ccccc3)c2)c(C(C)C)c1. The van der Waals surface area contributed by atoms with E-state index in [2.05, 4.69) is 336 Å². The lowest BCUT2D eigenvalue weighted by Gasteiger charge is -2.38. The maximum Gasteiger partial charge on any atom is 0.0701 e. The van der Waals surface area contributed by atoms with Crippen LogP contribution in [0.4, 0.5) is 34.1 Å². The molecule has 10 aromatic carbocycles. The molecule has 0 unspecified atom stereocenters. The fraction of sp³-hybridized carbons (Fsp3) is 0.241. The van der Waals surface area contributed by atoms with Crippen molar-refractivity contribution >= 4 is 34.1 Å². The summed E-state index contributed by atoms with van der Waals surface area (Å²) in [5, 5.41) is 0. The van der Waals surface area contributed by atoms with Crippen LogP contribution in [-0.2, 0) is 5.41 Å². The average molecular weight is 1060 g/mol. The van der Waals surface area contributed by atoms with Gasteiger partial charge in [0, 0.05) is 22.7 Å². The first kappa shape index (κ1) is 56.1. The van der Waals surface area contributed by atoms with Gasteiger partial charge in [-0.25, -0.2) is 0 Å². The molecule has 2 heteroatoms. The van der Waals surface area contributed by atoms with Crippen molar-refractivity contribution < 1.29 is 0 Å². The monoisotopic (exact) mass is 1060 g/mol. The minimum Gasteiger partial charge on any atom is -0.310 e. The maximum absolute atomic E-state index is 2.55. The van der Waals surface area contributed by atoms with Crippen LogP contribution in [0.1, 0.15) is 174 Å². The van der Waals surface area contributed by atoms with Gasteiger partial charge < -0.3 is 9.80 Å². The summed E-state index contributed by atoms with van der Waals surface area (Å²) in [7, 11) is 0. The lowest BCUT2D eigenvalue weighted by atomic mass is 9.65. The highest BCUT2D eigenvalue weighted by Crippen LogP contribution is 2.51. The van der Waals surface area contributed by atoms with Crippen molar-refractivity contribution in [2.45, 2.75) is 124 Å². The number of benzene rings is 10. The second kappa shape index (κ2) is 24.3. The van der Waals surface area contributed by atoms with Crippen LogP contribution in [0, 0.1) is 0 Å². The van der Waals surface area contributed by atoms with E-state index in [9.17, 15) is 0 Å². The summed E-state index contributed by atoms with van der Waals surface area (Å²) in [6.07, 6.45) is 0. The predicted octanol–water partition coefficient (Wildman–Crippen LogP) is 23.1. The first-order chi connectivity index (χ1) is 39.1. The van der Waals surface area contributed by atoms with E-state index in [-0.39, 0.29) is 0 Å². The fourth-order valence-corrected chi connectivity index (χ4v) is 12.2. The van der Waals surface area contributed by atoms with E-state index in [0.29, 0.717) is 35.5 Å². The van der Waals surface area contributed by atoms with E-state index in [4.69, 9.17) is 0 Å². The van der Waals surface area contributed by atoms with Crippen molar-refractivity contribution in [3.8, 4) is 22.3 Å². The minimum absolute atomic E-state index is 0.291. The van der Waals surface area contributed by atoms with Crippen LogP contribution in [0.5, 0.6) is 0 Å². The quantitative estimate of drug-likeness (QED) is 0.0790. The molecule has 0 saturated heterocycles. The molecule has 0 fully saturated rings. The normalized spacial score (nSPS) is 11.9. The highest BCUT2D eigenvalue weighted by atomic mass is 15.2. The minimum atomic E-state index is -0.689. The van der Waals surface area contributed by atoms with Gasteiger partial charge in [-0.15, -0.1) is 0 Å². The lowest BCUT2D eigenvalue weighted by Crippen LogP contribution is -2.31. The van der Waals surface area contributed by atoms with E-state index < -0.39 is 5.41 Å². The highest BCUT2D eigenvalue weighted by Gasteiger charge is 2.39. The van der Waals surface area contributed by atoms with Gasteiger partial charge in [0.2, 0.25) is 0 Å². The van der Waals surface area contributed by atoms with Gasteiger partial charge in [-0.05, 0) is 162 Å². The van der Waals surface area contributed by atoms with Crippen molar-refractivity contribution in [3.05, 3.63) is 298 Å². The summed E-state index contributed by atoms with van der Waals surface area (Å²) in [4.78, 5) is 5.11. The van der Waals surface area contributed by atoms with Crippen LogP contribution >= 0.6 is 0 Å². The molecule has 0 aliphatic rings. The molecule has 0 spiro atoms. The van der Waals surface area contributed by atoms with Gasteiger partial charge in [0.1, 0.15) is 0 Å². The van der Waals surface area contributed by atoms with Gasteiger partial charge in [0.25, 0.3) is 0 Å². The van der Waals surface area contributed by atoms with Crippen molar-refractivity contribution in [3.63, 3.8) is 0 Å². The number of hydrogen-bond acceptors (Lipinski definition) is 2. The molecule has 0 amide bonds. The molecule has 0 radical (unpaired) electrons. The summed E-state index contributed by atoms with van der Waals surface area (Å²) in [6.45, 7) is 28.1. The van der Waals surface area contributed by atoms with E-state index in [0.717, 1.165) is 22.7 Å². The second-order valence-electron chi connectivity index (χ2n) is 24.1. The molecule has 0 aliphatic carbocycles. The molecular weight excluding hydrogens is 977 g/mol. The number of hydrogen-bond donors (Lipinski definition) is 0. The summed E-state index contributed by atoms with van der Waals surface area (Å²) >= 11 is 0. The predicted molar refractivity (Wildman–Crippen MR) is 350 cm³/mol. The molecular formula is C79H82N2. The van der Waals surface area contributed by atoms with Crippen molar-refractivity contribution in [2.75, 3.05) is 9.80 Å². The second-order valence-corrected chi connectivity index (χ2v) is 24.1. The Hall–Kier alpha value is -8.20. The molecule has 0 saturated carbocycles. The van der Waals surface area contributed by atoms with Gasteiger partial charge in [-0.3, -0.25) is 0 Å². The molecule has 10 rings (SSSR count). The third-order valence-corrected chi connectivity index (χ3v) is 16.6. The van der Waals surface area contributed by atoms with Crippen LogP contribution in [0.3, 0.4) is 0 Å². The molecule has 0 N–H and O–H groups in total. The Morgan fingerprint density at radius 1 is 0.235 bits per heavy atom. The molecule has 0 bridgehead atoms. The first-order valence-electron chi connectivity index (χ1n) is 29.7. The summed E-state index contributed by atoms with van der Waals surface area (Å²) < 4.78 is 0. The van der Waals surface area contributed by atoms with Crippen LogP contribution in [0.15, 0.2) is 243 Å². The zero-order chi connectivity index (χ0) is 57.0. The Kier molecular flexibility index (Phi) is 16.8. The Morgan fingerprint density at radius 3 is 0.790 bits per heavy atom. The van der Waals surface area contributed by atoms with E-state index in [1.165, 1.54) is 89.3 Å². The van der Waals surface area contributed by atoms with Crippen LogP contribution < -0.4 is 9.80 Å². The van der Waals surface area contributed by atoms with Gasteiger partial charge in [0.15, 0.2) is 0 Å². The van der Waals surface area contributed by atoms with Gasteiger partial charge in [-0.2, -0.15) is 0 Å². The van der Waals surface area contributed by atoms with Gasteiger partial charge >= 0.3 is 0 Å². The molecule has 408 valence electrons. The Morgan fingerprint density at radius 2 is 0.506 bits per heavy atom. The standard InChI is InChI=1S/C79H82N2/c1-53(2)63-49-73(55(5)6)77(74(50-63)56(7)8)80(71-37-25-31-61(47-71)59-27-17-13-18-28-59)69-43-39-67(40-44-69)79(65-33-21-15-22-34-65,66-35-23-16-24-36-66)68-41-45-70(46-42-68)81(72-38-26-32-62(48-72)60-29-19-14-20-30-60)78-75(57(9)10)51-64(54(3)4)52-76(78)58(11)12/h13-58H,1-12H3. The fourth-order valence-electron chi connectivity index (χ4n) is 12.2. The van der Waals surface area contributed by atoms with Crippen molar-refractivity contribution in [1.29, 1.82) is 0 Å². The number of anilines is 6. The van der Waals surface area contributed by atoms with E-state index in [1.54, 1.807) is 0 Å². The molecule has 0 atom stereocenters. The topological polar surface area (TPSA) is 6.48 Å². The Labute approximate surface area is 485 Å². The van der Waals surface area contributed by atoms with Crippen molar-refractivity contribution in [1.82, 2.24) is 0 Å². The maximum atomic E-state index is 2.55. The zero-order valence-corrected chi connectivity index (χ0v) is 50.0. The first-order valence-corrected chi connectivity index (χ1v) is 29.7. The summed E-state index contributed by atoms with van der Waals surface area (Å²) in [5.74, 6) is 1.97. The molecule has 0 aliphatic heterocycles. The largest absolute Gasteiger partial charge is 0.310 e. The third-order valence-electron chi connectivity index (χ3n) is 16.6. The van der Waals surface area contributed by atoms with Crippen LogP contribution in [-0.4, -0.2) is 0 Å². The average Bonchev–Trinajstić information content (AvgIpc) is 3.60. The molecule has 2 nitrogen and oxygen atoms in total. The zero-order valence-electron chi connectivity index (χ0n) is 50.0. The molecule has 0 heterocycles. The van der Waals surface area contributed by atoms with Crippen LogP contribution in [0.25, 0.3) is 22.3 Å². The lowest BCUT2D eigenvalue weighted by molar-refractivity contribution is 0.745. The number of nitrogens with zero attached hydrogens (tertiary/aromatic N) is 2. The molecule has 81 heavy (non-hydrogen) atoms. The third kappa shape index (κ3) is 11.3. The molecule has 0 aromatic heterocycles. The van der Waals surface area contributed by atoms with Gasteiger partial charge in [-0.1, -0.05) is 277 Å². The Bertz CT molecular complexity index is 3380. The summed E-state index contributed by atoms with van der Waals surface area (Å²) in [6, 6.07) is 91.2. The smallest absolute Gasteiger partial charge is 0.0701 e. The van der Waals surface area contributed by atoms with Crippen LogP contribution in [0.2, 0.25) is 0 Å².